The number of carbonyl (C=O) groups is 2. The first kappa shape index (κ1) is 16.2. The minimum atomic E-state index is -0.102. The van der Waals surface area contributed by atoms with Crippen LogP contribution in [-0.4, -0.2) is 18.4 Å². The van der Waals surface area contributed by atoms with Gasteiger partial charge in [-0.25, -0.2) is 0 Å². The third kappa shape index (κ3) is 4.22. The Kier molecular flexibility index (Phi) is 5.26. The highest BCUT2D eigenvalue weighted by molar-refractivity contribution is 5.94. The molecule has 0 unspecified atom stereocenters. The summed E-state index contributed by atoms with van der Waals surface area (Å²) in [5.41, 5.74) is 4.26. The zero-order valence-electron chi connectivity index (χ0n) is 13.7. The van der Waals surface area contributed by atoms with Crippen molar-refractivity contribution >= 4 is 17.5 Å². The van der Waals surface area contributed by atoms with E-state index in [1.807, 2.05) is 24.3 Å². The molecule has 0 heterocycles. The highest BCUT2D eigenvalue weighted by Gasteiger charge is 2.11. The van der Waals surface area contributed by atoms with E-state index in [0.717, 1.165) is 18.5 Å². The summed E-state index contributed by atoms with van der Waals surface area (Å²) in [7, 11) is 0. The molecule has 1 aliphatic carbocycles. The molecule has 124 valence electrons. The van der Waals surface area contributed by atoms with Crippen LogP contribution in [0.1, 0.15) is 40.7 Å². The second-order valence-corrected chi connectivity index (χ2v) is 6.11. The van der Waals surface area contributed by atoms with E-state index in [4.69, 9.17) is 0 Å². The Labute approximate surface area is 142 Å². The Morgan fingerprint density at radius 3 is 2.58 bits per heavy atom. The summed E-state index contributed by atoms with van der Waals surface area (Å²) in [5, 5.41) is 5.77. The van der Waals surface area contributed by atoms with Crippen LogP contribution >= 0.6 is 0 Å². The van der Waals surface area contributed by atoms with Gasteiger partial charge in [0.2, 0.25) is 5.91 Å². The largest absolute Gasteiger partial charge is 0.352 e. The van der Waals surface area contributed by atoms with Crippen LogP contribution in [-0.2, 0) is 17.6 Å². The lowest BCUT2D eigenvalue weighted by atomic mass is 10.1. The van der Waals surface area contributed by atoms with Crippen molar-refractivity contribution in [2.24, 2.45) is 0 Å². The van der Waals surface area contributed by atoms with Crippen molar-refractivity contribution in [3.8, 4) is 0 Å². The molecule has 2 N–H and O–H groups in total. The van der Waals surface area contributed by atoms with Gasteiger partial charge in [0.1, 0.15) is 0 Å². The molecular weight excluding hydrogens is 300 g/mol. The standard InChI is InChI=1S/C20H22N2O2/c23-19(22-18-12-11-15-8-4-9-17(15)14-18)10-5-13-21-20(24)16-6-2-1-3-7-16/h1-3,6-7,11-12,14H,4-5,8-10,13H2,(H,21,24)(H,22,23). The molecule has 3 rings (SSSR count). The third-order valence-corrected chi connectivity index (χ3v) is 4.28. The number of benzene rings is 2. The lowest BCUT2D eigenvalue weighted by Gasteiger charge is -2.08. The number of amides is 2. The van der Waals surface area contributed by atoms with Crippen LogP contribution in [0, 0.1) is 0 Å². The Morgan fingerprint density at radius 1 is 0.958 bits per heavy atom. The van der Waals surface area contributed by atoms with Crippen molar-refractivity contribution in [3.63, 3.8) is 0 Å². The number of carbonyl (C=O) groups excluding carboxylic acids is 2. The molecular formula is C20H22N2O2. The first-order chi connectivity index (χ1) is 11.7. The quantitative estimate of drug-likeness (QED) is 0.802. The highest BCUT2D eigenvalue weighted by atomic mass is 16.2. The van der Waals surface area contributed by atoms with Gasteiger partial charge in [0.05, 0.1) is 0 Å². The molecule has 2 aromatic rings. The molecule has 0 bridgehead atoms. The molecule has 0 atom stereocenters. The number of aryl methyl sites for hydroxylation is 2. The molecule has 0 saturated heterocycles. The van der Waals surface area contributed by atoms with E-state index in [-0.39, 0.29) is 11.8 Å². The van der Waals surface area contributed by atoms with Gasteiger partial charge < -0.3 is 10.6 Å². The van der Waals surface area contributed by atoms with Crippen LogP contribution in [0.3, 0.4) is 0 Å². The topological polar surface area (TPSA) is 58.2 Å². The minimum Gasteiger partial charge on any atom is -0.352 e. The van der Waals surface area contributed by atoms with Gasteiger partial charge >= 0.3 is 0 Å². The zero-order valence-corrected chi connectivity index (χ0v) is 13.7. The number of hydrogen-bond acceptors (Lipinski definition) is 2. The van der Waals surface area contributed by atoms with Crippen molar-refractivity contribution in [2.75, 3.05) is 11.9 Å². The van der Waals surface area contributed by atoms with Gasteiger partial charge in [-0.3, -0.25) is 9.59 Å². The molecule has 24 heavy (non-hydrogen) atoms. The van der Waals surface area contributed by atoms with E-state index in [1.165, 1.54) is 17.5 Å². The van der Waals surface area contributed by atoms with E-state index in [9.17, 15) is 9.59 Å². The van der Waals surface area contributed by atoms with Crippen LogP contribution < -0.4 is 10.6 Å². The molecule has 4 heteroatoms. The van der Waals surface area contributed by atoms with E-state index in [1.54, 1.807) is 12.1 Å². The van der Waals surface area contributed by atoms with Gasteiger partial charge in [-0.05, 0) is 61.1 Å². The monoisotopic (exact) mass is 322 g/mol. The number of rotatable bonds is 6. The van der Waals surface area contributed by atoms with Crippen molar-refractivity contribution < 1.29 is 9.59 Å². The molecule has 0 aromatic heterocycles. The summed E-state index contributed by atoms with van der Waals surface area (Å²) in [6.07, 6.45) is 4.46. The Bertz CT molecular complexity index is 726. The molecule has 4 nitrogen and oxygen atoms in total. The van der Waals surface area contributed by atoms with Crippen molar-refractivity contribution in [2.45, 2.75) is 32.1 Å². The van der Waals surface area contributed by atoms with Crippen LogP contribution in [0.2, 0.25) is 0 Å². The molecule has 0 fully saturated rings. The summed E-state index contributed by atoms with van der Waals surface area (Å²) in [6.45, 7) is 0.491. The normalized spacial score (nSPS) is 12.5. The fourth-order valence-corrected chi connectivity index (χ4v) is 3.02. The van der Waals surface area contributed by atoms with E-state index in [2.05, 4.69) is 22.8 Å². The van der Waals surface area contributed by atoms with Crippen molar-refractivity contribution in [3.05, 3.63) is 65.2 Å². The zero-order chi connectivity index (χ0) is 16.8. The number of hydrogen-bond donors (Lipinski definition) is 2. The summed E-state index contributed by atoms with van der Waals surface area (Å²) >= 11 is 0. The Morgan fingerprint density at radius 2 is 1.75 bits per heavy atom. The molecule has 0 aliphatic heterocycles. The maximum absolute atomic E-state index is 12.0. The molecule has 2 amide bonds. The number of nitrogens with one attached hydrogen (secondary N) is 2. The summed E-state index contributed by atoms with van der Waals surface area (Å²) in [4.78, 5) is 23.9. The Hall–Kier alpha value is -2.62. The third-order valence-electron chi connectivity index (χ3n) is 4.28. The van der Waals surface area contributed by atoms with Gasteiger partial charge in [0.15, 0.2) is 0 Å². The fraction of sp³-hybridized carbons (Fsp3) is 0.300. The summed E-state index contributed by atoms with van der Waals surface area (Å²) < 4.78 is 0. The molecule has 0 spiro atoms. The van der Waals surface area contributed by atoms with Gasteiger partial charge in [-0.2, -0.15) is 0 Å². The average Bonchev–Trinajstić information content (AvgIpc) is 3.07. The predicted molar refractivity (Wildman–Crippen MR) is 95.1 cm³/mol. The maximum Gasteiger partial charge on any atom is 0.251 e. The van der Waals surface area contributed by atoms with Crippen molar-refractivity contribution in [1.29, 1.82) is 0 Å². The lowest BCUT2D eigenvalue weighted by Crippen LogP contribution is -2.25. The van der Waals surface area contributed by atoms with Gasteiger partial charge in [0.25, 0.3) is 5.91 Å². The average molecular weight is 322 g/mol. The predicted octanol–water partition coefficient (Wildman–Crippen LogP) is 3.32. The SMILES string of the molecule is O=C(CCCNC(=O)c1ccccc1)Nc1ccc2c(c1)CCC2. The van der Waals surface area contributed by atoms with E-state index < -0.39 is 0 Å². The Balaban J connectivity index is 1.39. The molecule has 2 aromatic carbocycles. The van der Waals surface area contributed by atoms with Crippen molar-refractivity contribution in [1.82, 2.24) is 5.32 Å². The minimum absolute atomic E-state index is 0.0121. The number of fused-ring (bicyclic) bond motifs is 1. The van der Waals surface area contributed by atoms with Gasteiger partial charge in [-0.1, -0.05) is 24.3 Å². The maximum atomic E-state index is 12.0. The fourth-order valence-electron chi connectivity index (χ4n) is 3.02. The van der Waals surface area contributed by atoms with Crippen LogP contribution in [0.15, 0.2) is 48.5 Å². The highest BCUT2D eigenvalue weighted by Crippen LogP contribution is 2.24. The van der Waals surface area contributed by atoms with Gasteiger partial charge in [-0.15, -0.1) is 0 Å². The van der Waals surface area contributed by atoms with E-state index in [0.29, 0.717) is 24.9 Å². The molecule has 0 saturated carbocycles. The second-order valence-electron chi connectivity index (χ2n) is 6.11. The molecule has 1 aliphatic rings. The van der Waals surface area contributed by atoms with E-state index >= 15 is 0 Å². The first-order valence-corrected chi connectivity index (χ1v) is 8.47. The second kappa shape index (κ2) is 7.77. The molecule has 0 radical (unpaired) electrons. The first-order valence-electron chi connectivity index (χ1n) is 8.47. The number of anilines is 1. The van der Waals surface area contributed by atoms with Crippen LogP contribution in [0.4, 0.5) is 5.69 Å². The van der Waals surface area contributed by atoms with Crippen LogP contribution in [0.5, 0.6) is 0 Å². The summed E-state index contributed by atoms with van der Waals surface area (Å²) in [5.74, 6) is -0.114. The lowest BCUT2D eigenvalue weighted by molar-refractivity contribution is -0.116. The smallest absolute Gasteiger partial charge is 0.251 e. The van der Waals surface area contributed by atoms with Crippen LogP contribution in [0.25, 0.3) is 0 Å². The van der Waals surface area contributed by atoms with Gasteiger partial charge in [0, 0.05) is 24.2 Å². The summed E-state index contributed by atoms with van der Waals surface area (Å²) in [6, 6.07) is 15.2.